The Kier molecular flexibility index (Phi) is 8.72. The first kappa shape index (κ1) is 22.9. The first-order valence-corrected chi connectivity index (χ1v) is 8.91. The molecule has 8 heteroatoms. The minimum atomic E-state index is -4.79. The van der Waals surface area contributed by atoms with Crippen LogP contribution in [0.2, 0.25) is 0 Å². The van der Waals surface area contributed by atoms with Gasteiger partial charge in [-0.2, -0.15) is 13.2 Å². The molecule has 27 heavy (non-hydrogen) atoms. The second kappa shape index (κ2) is 10.3. The van der Waals surface area contributed by atoms with Gasteiger partial charge in [-0.05, 0) is 30.5 Å². The van der Waals surface area contributed by atoms with Gasteiger partial charge in [0.2, 0.25) is 0 Å². The predicted molar refractivity (Wildman–Crippen MR) is 92.6 cm³/mol. The molecule has 0 saturated heterocycles. The fraction of sp³-hybridized carbons (Fsp3) is 0.579. The maximum Gasteiger partial charge on any atom is 0.416 e. The summed E-state index contributed by atoms with van der Waals surface area (Å²) >= 11 is 0. The number of hydrogen-bond donors (Lipinski definition) is 1. The molecule has 0 aromatic heterocycles. The number of unbranched alkanes of at least 4 members (excludes halogenated alkanes) is 3. The van der Waals surface area contributed by atoms with Crippen molar-refractivity contribution in [2.75, 3.05) is 6.61 Å². The first-order chi connectivity index (χ1) is 12.6. The molecule has 0 bridgehead atoms. The van der Waals surface area contributed by atoms with Crippen LogP contribution in [-0.4, -0.2) is 24.5 Å². The van der Waals surface area contributed by atoms with E-state index >= 15 is 0 Å². The maximum atomic E-state index is 13.5. The lowest BCUT2D eigenvalue weighted by Gasteiger charge is -2.21. The second-order valence-electron chi connectivity index (χ2n) is 6.65. The van der Waals surface area contributed by atoms with Crippen LogP contribution >= 0.6 is 0 Å². The van der Waals surface area contributed by atoms with Crippen molar-refractivity contribution in [2.45, 2.75) is 58.7 Å². The van der Waals surface area contributed by atoms with Crippen molar-refractivity contribution in [1.29, 1.82) is 0 Å². The van der Waals surface area contributed by atoms with Crippen molar-refractivity contribution in [3.8, 4) is 0 Å². The molecule has 0 aliphatic rings. The van der Waals surface area contributed by atoms with E-state index in [4.69, 9.17) is 4.74 Å². The predicted octanol–water partition coefficient (Wildman–Crippen LogP) is 4.72. The fourth-order valence-electron chi connectivity index (χ4n) is 2.40. The SMILES string of the molecule is CCCCCCOC(=O)C(NC(=O)c1cc(F)cc(C(F)(F)F)c1)C(C)C. The Morgan fingerprint density at radius 1 is 1.11 bits per heavy atom. The Balaban J connectivity index is 2.81. The van der Waals surface area contributed by atoms with Crippen molar-refractivity contribution < 1.29 is 31.9 Å². The van der Waals surface area contributed by atoms with E-state index in [0.717, 1.165) is 19.3 Å². The summed E-state index contributed by atoms with van der Waals surface area (Å²) in [4.78, 5) is 24.4. The number of halogens is 4. The molecule has 0 spiro atoms. The van der Waals surface area contributed by atoms with Gasteiger partial charge in [-0.25, -0.2) is 9.18 Å². The van der Waals surface area contributed by atoms with Crippen LogP contribution in [0.15, 0.2) is 18.2 Å². The summed E-state index contributed by atoms with van der Waals surface area (Å²) < 4.78 is 57.0. The average Bonchev–Trinajstić information content (AvgIpc) is 2.57. The van der Waals surface area contributed by atoms with Gasteiger partial charge in [-0.15, -0.1) is 0 Å². The summed E-state index contributed by atoms with van der Waals surface area (Å²) in [6.45, 7) is 5.58. The van der Waals surface area contributed by atoms with Crippen LogP contribution < -0.4 is 5.32 Å². The van der Waals surface area contributed by atoms with Gasteiger partial charge in [0.25, 0.3) is 5.91 Å². The third-order valence-electron chi connectivity index (χ3n) is 3.94. The normalized spacial score (nSPS) is 12.7. The van der Waals surface area contributed by atoms with Crippen LogP contribution in [0, 0.1) is 11.7 Å². The van der Waals surface area contributed by atoms with Gasteiger partial charge < -0.3 is 10.1 Å². The summed E-state index contributed by atoms with van der Waals surface area (Å²) in [6.07, 6.45) is -1.13. The van der Waals surface area contributed by atoms with Crippen LogP contribution in [0.4, 0.5) is 17.6 Å². The molecule has 1 atom stereocenters. The highest BCUT2D eigenvalue weighted by Crippen LogP contribution is 2.30. The van der Waals surface area contributed by atoms with E-state index in [0.29, 0.717) is 24.6 Å². The number of carbonyl (C=O) groups is 2. The molecule has 1 aromatic rings. The molecule has 0 heterocycles. The third-order valence-corrected chi connectivity index (χ3v) is 3.94. The molecule has 0 aliphatic carbocycles. The summed E-state index contributed by atoms with van der Waals surface area (Å²) in [6, 6.07) is 0.506. The molecular weight excluding hydrogens is 366 g/mol. The molecule has 1 rings (SSSR count). The number of benzene rings is 1. The molecule has 0 fully saturated rings. The number of hydrogen-bond acceptors (Lipinski definition) is 3. The highest BCUT2D eigenvalue weighted by atomic mass is 19.4. The van der Waals surface area contributed by atoms with Gasteiger partial charge in [0.15, 0.2) is 0 Å². The summed E-state index contributed by atoms with van der Waals surface area (Å²) in [5, 5.41) is 2.34. The van der Waals surface area contributed by atoms with Crippen LogP contribution in [0.5, 0.6) is 0 Å². The lowest BCUT2D eigenvalue weighted by Crippen LogP contribution is -2.45. The summed E-state index contributed by atoms with van der Waals surface area (Å²) in [5.41, 5.74) is -1.78. The van der Waals surface area contributed by atoms with Crippen molar-refractivity contribution in [2.24, 2.45) is 5.92 Å². The van der Waals surface area contributed by atoms with E-state index < -0.39 is 41.0 Å². The monoisotopic (exact) mass is 391 g/mol. The van der Waals surface area contributed by atoms with E-state index in [-0.39, 0.29) is 12.5 Å². The first-order valence-electron chi connectivity index (χ1n) is 8.91. The van der Waals surface area contributed by atoms with Gasteiger partial charge in [-0.3, -0.25) is 4.79 Å². The fourth-order valence-corrected chi connectivity index (χ4v) is 2.40. The molecule has 0 saturated carbocycles. The number of amides is 1. The Labute approximate surface area is 156 Å². The van der Waals surface area contributed by atoms with Crippen LogP contribution in [0.1, 0.15) is 62.4 Å². The molecular formula is C19H25F4NO3. The van der Waals surface area contributed by atoms with Crippen LogP contribution in [0.3, 0.4) is 0 Å². The molecule has 1 aromatic carbocycles. The van der Waals surface area contributed by atoms with E-state index in [1.807, 2.05) is 6.92 Å². The zero-order chi connectivity index (χ0) is 20.6. The van der Waals surface area contributed by atoms with Crippen LogP contribution in [0.25, 0.3) is 0 Å². The summed E-state index contributed by atoms with van der Waals surface area (Å²) in [5.74, 6) is -3.17. The Bertz CT molecular complexity index is 644. The van der Waals surface area contributed by atoms with Gasteiger partial charge in [0.05, 0.1) is 12.2 Å². The lowest BCUT2D eigenvalue weighted by molar-refractivity contribution is -0.147. The Hall–Kier alpha value is -2.12. The minimum Gasteiger partial charge on any atom is -0.464 e. The average molecular weight is 391 g/mol. The van der Waals surface area contributed by atoms with E-state index in [9.17, 15) is 27.2 Å². The Morgan fingerprint density at radius 3 is 2.33 bits per heavy atom. The number of rotatable bonds is 9. The lowest BCUT2D eigenvalue weighted by atomic mass is 10.0. The zero-order valence-corrected chi connectivity index (χ0v) is 15.7. The molecule has 0 radical (unpaired) electrons. The zero-order valence-electron chi connectivity index (χ0n) is 15.7. The number of carbonyl (C=O) groups excluding carboxylic acids is 2. The maximum absolute atomic E-state index is 13.5. The quantitative estimate of drug-likeness (QED) is 0.376. The largest absolute Gasteiger partial charge is 0.464 e. The van der Waals surface area contributed by atoms with Crippen LogP contribution in [-0.2, 0) is 15.7 Å². The van der Waals surface area contributed by atoms with Gasteiger partial charge in [0, 0.05) is 5.56 Å². The summed E-state index contributed by atoms with van der Waals surface area (Å²) in [7, 11) is 0. The molecule has 1 N–H and O–H groups in total. The topological polar surface area (TPSA) is 55.4 Å². The standard InChI is InChI=1S/C19H25F4NO3/c1-4-5-6-7-8-27-18(26)16(12(2)3)24-17(25)13-9-14(19(21,22)23)11-15(20)10-13/h9-12,16H,4-8H2,1-3H3,(H,24,25). The van der Waals surface area contributed by atoms with Crippen molar-refractivity contribution in [3.63, 3.8) is 0 Å². The number of ether oxygens (including phenoxy) is 1. The smallest absolute Gasteiger partial charge is 0.416 e. The van der Waals surface area contributed by atoms with Gasteiger partial charge in [-0.1, -0.05) is 40.0 Å². The van der Waals surface area contributed by atoms with E-state index in [2.05, 4.69) is 5.32 Å². The number of alkyl halides is 3. The second-order valence-corrected chi connectivity index (χ2v) is 6.65. The Morgan fingerprint density at radius 2 is 1.78 bits per heavy atom. The van der Waals surface area contributed by atoms with Gasteiger partial charge in [0.1, 0.15) is 11.9 Å². The van der Waals surface area contributed by atoms with Crippen molar-refractivity contribution in [1.82, 2.24) is 5.32 Å². The van der Waals surface area contributed by atoms with Crippen molar-refractivity contribution in [3.05, 3.63) is 35.1 Å². The molecule has 152 valence electrons. The minimum absolute atomic E-state index is 0.204. The molecule has 4 nitrogen and oxygen atoms in total. The van der Waals surface area contributed by atoms with E-state index in [1.165, 1.54) is 0 Å². The molecule has 1 unspecified atom stereocenters. The van der Waals surface area contributed by atoms with Gasteiger partial charge >= 0.3 is 12.1 Å². The number of nitrogens with one attached hydrogen (secondary N) is 1. The van der Waals surface area contributed by atoms with E-state index in [1.54, 1.807) is 13.8 Å². The molecule has 1 amide bonds. The highest BCUT2D eigenvalue weighted by Gasteiger charge is 2.33. The number of esters is 1. The highest BCUT2D eigenvalue weighted by molar-refractivity contribution is 5.97. The molecule has 0 aliphatic heterocycles. The van der Waals surface area contributed by atoms with Crippen molar-refractivity contribution >= 4 is 11.9 Å². The third kappa shape index (κ3) is 7.56.